The van der Waals surface area contributed by atoms with Crippen molar-refractivity contribution in [2.75, 3.05) is 6.54 Å². The van der Waals surface area contributed by atoms with Crippen molar-refractivity contribution in [2.45, 2.75) is 57.5 Å². The first-order chi connectivity index (χ1) is 12.7. The molecular weight excluding hydrogens is 361 g/mol. The Balaban J connectivity index is 1.65. The summed E-state index contributed by atoms with van der Waals surface area (Å²) in [6.45, 7) is 3.47. The Bertz CT molecular complexity index is 653. The van der Waals surface area contributed by atoms with Gasteiger partial charge in [-0.3, -0.25) is 4.79 Å². The van der Waals surface area contributed by atoms with Gasteiger partial charge in [-0.15, -0.1) is 0 Å². The molecule has 150 valence electrons. The van der Waals surface area contributed by atoms with Crippen molar-refractivity contribution in [3.05, 3.63) is 35.9 Å². The Morgan fingerprint density at radius 1 is 1.33 bits per heavy atom. The molecule has 3 rings (SSSR count). The van der Waals surface area contributed by atoms with Crippen LogP contribution in [0.1, 0.15) is 25.8 Å². The minimum absolute atomic E-state index is 0.159. The summed E-state index contributed by atoms with van der Waals surface area (Å²) >= 11 is 0. The summed E-state index contributed by atoms with van der Waals surface area (Å²) in [5.74, 6) is -2.18. The lowest BCUT2D eigenvalue weighted by atomic mass is 10.0. The van der Waals surface area contributed by atoms with E-state index in [1.807, 2.05) is 30.3 Å². The molecule has 0 aromatic heterocycles. The van der Waals surface area contributed by atoms with Crippen LogP contribution in [0.4, 0.5) is 13.2 Å². The van der Waals surface area contributed by atoms with Gasteiger partial charge in [0.2, 0.25) is 5.91 Å². The lowest BCUT2D eigenvalue weighted by Crippen LogP contribution is -2.50. The van der Waals surface area contributed by atoms with Crippen LogP contribution in [0.5, 0.6) is 0 Å². The molecule has 5 atom stereocenters. The minimum Gasteiger partial charge on any atom is -0.345 e. The molecule has 0 bridgehead atoms. The van der Waals surface area contributed by atoms with Gasteiger partial charge in [-0.2, -0.15) is 13.2 Å². The van der Waals surface area contributed by atoms with Crippen LogP contribution in [-0.4, -0.2) is 48.0 Å². The number of epoxide rings is 1. The molecule has 5 nitrogen and oxygen atoms in total. The highest BCUT2D eigenvalue weighted by molar-refractivity contribution is 5.82. The van der Waals surface area contributed by atoms with Crippen LogP contribution < -0.4 is 5.73 Å². The molecule has 27 heavy (non-hydrogen) atoms. The summed E-state index contributed by atoms with van der Waals surface area (Å²) in [5.41, 5.74) is 6.85. The number of alkyl halides is 3. The van der Waals surface area contributed by atoms with Gasteiger partial charge < -0.3 is 20.1 Å². The highest BCUT2D eigenvalue weighted by atomic mass is 19.4. The SMILES string of the molecule is CC(C)[C@H](N)C(=O)N1C[C@H](C(F)(F)F)C[C@H]1C1OC1OCc1ccccc1. The topological polar surface area (TPSA) is 68.1 Å². The number of hydrogen-bond acceptors (Lipinski definition) is 4. The average Bonchev–Trinajstić information content (AvgIpc) is 3.25. The highest BCUT2D eigenvalue weighted by Crippen LogP contribution is 2.43. The van der Waals surface area contributed by atoms with E-state index in [2.05, 4.69) is 0 Å². The second kappa shape index (κ2) is 7.77. The molecule has 2 unspecified atom stereocenters. The second-order valence-electron chi connectivity index (χ2n) is 7.57. The summed E-state index contributed by atoms with van der Waals surface area (Å²) in [7, 11) is 0. The third kappa shape index (κ3) is 4.62. The number of nitrogens with two attached hydrogens (primary N) is 1. The Labute approximate surface area is 156 Å². The van der Waals surface area contributed by atoms with Crippen LogP contribution in [0, 0.1) is 11.8 Å². The molecule has 2 N–H and O–H groups in total. The number of benzene rings is 1. The maximum Gasteiger partial charge on any atom is 0.393 e. The van der Waals surface area contributed by atoms with E-state index in [-0.39, 0.29) is 18.9 Å². The van der Waals surface area contributed by atoms with E-state index in [1.165, 1.54) is 4.90 Å². The maximum atomic E-state index is 13.2. The van der Waals surface area contributed by atoms with Crippen molar-refractivity contribution in [1.82, 2.24) is 4.90 Å². The molecule has 1 amide bonds. The van der Waals surface area contributed by atoms with E-state index < -0.39 is 42.5 Å². The zero-order valence-corrected chi connectivity index (χ0v) is 15.4. The van der Waals surface area contributed by atoms with Gasteiger partial charge in [0, 0.05) is 6.54 Å². The lowest BCUT2D eigenvalue weighted by Gasteiger charge is -2.28. The molecular formula is C19H25F3N2O3. The third-order valence-electron chi connectivity index (χ3n) is 5.21. The molecule has 8 heteroatoms. The van der Waals surface area contributed by atoms with Gasteiger partial charge in [0.1, 0.15) is 6.10 Å². The summed E-state index contributed by atoms with van der Waals surface area (Å²) in [5, 5.41) is 0. The Hall–Kier alpha value is -1.64. The van der Waals surface area contributed by atoms with Gasteiger partial charge in [0.25, 0.3) is 0 Å². The van der Waals surface area contributed by atoms with Crippen molar-refractivity contribution >= 4 is 5.91 Å². The predicted molar refractivity (Wildman–Crippen MR) is 92.4 cm³/mol. The smallest absolute Gasteiger partial charge is 0.345 e. The van der Waals surface area contributed by atoms with Gasteiger partial charge in [-0.1, -0.05) is 44.2 Å². The number of carbonyl (C=O) groups is 1. The molecule has 1 aromatic rings. The Kier molecular flexibility index (Phi) is 5.79. The molecule has 0 saturated carbocycles. The van der Waals surface area contributed by atoms with E-state index in [1.54, 1.807) is 13.8 Å². The largest absolute Gasteiger partial charge is 0.393 e. The number of ether oxygens (including phenoxy) is 2. The number of rotatable bonds is 6. The predicted octanol–water partition coefficient (Wildman–Crippen LogP) is 2.69. The van der Waals surface area contributed by atoms with Crippen molar-refractivity contribution in [2.24, 2.45) is 17.6 Å². The number of carbonyl (C=O) groups excluding carboxylic acids is 1. The van der Waals surface area contributed by atoms with Crippen molar-refractivity contribution in [3.8, 4) is 0 Å². The number of halogens is 3. The quantitative estimate of drug-likeness (QED) is 0.764. The molecule has 2 aliphatic rings. The van der Waals surface area contributed by atoms with Crippen molar-refractivity contribution in [3.63, 3.8) is 0 Å². The fourth-order valence-corrected chi connectivity index (χ4v) is 3.41. The first-order valence-corrected chi connectivity index (χ1v) is 9.12. The van der Waals surface area contributed by atoms with Gasteiger partial charge in [0.15, 0.2) is 6.29 Å². The van der Waals surface area contributed by atoms with E-state index in [4.69, 9.17) is 15.2 Å². The zero-order chi connectivity index (χ0) is 19.8. The molecule has 0 aliphatic carbocycles. The molecule has 2 heterocycles. The van der Waals surface area contributed by atoms with E-state index >= 15 is 0 Å². The van der Waals surface area contributed by atoms with Gasteiger partial charge in [-0.05, 0) is 17.9 Å². The normalized spacial score (nSPS) is 29.2. The number of amides is 1. The van der Waals surface area contributed by atoms with E-state index in [0.29, 0.717) is 6.61 Å². The molecule has 0 spiro atoms. The first kappa shape index (κ1) is 20.1. The number of likely N-dealkylation sites (tertiary alicyclic amines) is 1. The third-order valence-corrected chi connectivity index (χ3v) is 5.21. The lowest BCUT2D eigenvalue weighted by molar-refractivity contribution is -0.171. The molecule has 2 fully saturated rings. The van der Waals surface area contributed by atoms with Crippen LogP contribution in [0.15, 0.2) is 30.3 Å². The summed E-state index contributed by atoms with van der Waals surface area (Å²) in [6.07, 6.45) is -5.70. The molecule has 2 aliphatic heterocycles. The molecule has 1 aromatic carbocycles. The fourth-order valence-electron chi connectivity index (χ4n) is 3.41. The first-order valence-electron chi connectivity index (χ1n) is 9.12. The van der Waals surface area contributed by atoms with Crippen molar-refractivity contribution < 1.29 is 27.4 Å². The Morgan fingerprint density at radius 2 is 2.00 bits per heavy atom. The number of hydrogen-bond donors (Lipinski definition) is 1. The van der Waals surface area contributed by atoms with Crippen LogP contribution in [0.3, 0.4) is 0 Å². The van der Waals surface area contributed by atoms with Gasteiger partial charge in [0.05, 0.1) is 24.6 Å². The van der Waals surface area contributed by atoms with Crippen molar-refractivity contribution in [1.29, 1.82) is 0 Å². The van der Waals surface area contributed by atoms with Crippen LogP contribution >= 0.6 is 0 Å². The highest BCUT2D eigenvalue weighted by Gasteiger charge is 2.57. The molecule has 0 radical (unpaired) electrons. The molecule has 2 saturated heterocycles. The average molecular weight is 386 g/mol. The zero-order valence-electron chi connectivity index (χ0n) is 15.4. The van der Waals surface area contributed by atoms with Gasteiger partial charge >= 0.3 is 6.18 Å². The fraction of sp³-hybridized carbons (Fsp3) is 0.632. The number of nitrogens with zero attached hydrogens (tertiary/aromatic N) is 1. The van der Waals surface area contributed by atoms with Gasteiger partial charge in [-0.25, -0.2) is 0 Å². The second-order valence-corrected chi connectivity index (χ2v) is 7.57. The maximum absolute atomic E-state index is 13.2. The minimum atomic E-state index is -4.36. The van der Waals surface area contributed by atoms with E-state index in [9.17, 15) is 18.0 Å². The van der Waals surface area contributed by atoms with Crippen LogP contribution in [-0.2, 0) is 20.9 Å². The van der Waals surface area contributed by atoms with E-state index in [0.717, 1.165) is 5.56 Å². The summed E-state index contributed by atoms with van der Waals surface area (Å²) < 4.78 is 50.8. The standard InChI is InChI=1S/C19H25F3N2O3/c1-11(2)15(23)17(25)24-9-13(19(20,21)22)8-14(24)16-18(27-16)26-10-12-6-4-3-5-7-12/h3-7,11,13-16,18H,8-10,23H2,1-2H3/t13-,14+,15+,16?,18?/m1/s1. The summed E-state index contributed by atoms with van der Waals surface area (Å²) in [4.78, 5) is 13.9. The van der Waals surface area contributed by atoms with Crippen LogP contribution in [0.25, 0.3) is 0 Å². The summed E-state index contributed by atoms with van der Waals surface area (Å²) in [6, 6.07) is 7.92. The van der Waals surface area contributed by atoms with Crippen LogP contribution in [0.2, 0.25) is 0 Å². The monoisotopic (exact) mass is 386 g/mol. The Morgan fingerprint density at radius 3 is 2.59 bits per heavy atom.